The molecule has 0 fully saturated rings. The average Bonchev–Trinajstić information content (AvgIpc) is 2.30. The maximum atomic E-state index is 13.3. The van der Waals surface area contributed by atoms with Crippen LogP contribution in [0.4, 0.5) is 4.39 Å². The van der Waals surface area contributed by atoms with Gasteiger partial charge >= 0.3 is 0 Å². The summed E-state index contributed by atoms with van der Waals surface area (Å²) in [5, 5.41) is 6.69. The van der Waals surface area contributed by atoms with Crippen LogP contribution in [0, 0.1) is 5.82 Å². The Bertz CT molecular complexity index is 313. The first-order valence-corrected chi connectivity index (χ1v) is 6.37. The van der Waals surface area contributed by atoms with Crippen LogP contribution in [-0.2, 0) is 6.42 Å². The van der Waals surface area contributed by atoms with E-state index in [0.717, 1.165) is 38.0 Å². The molecule has 0 aliphatic carbocycles. The summed E-state index contributed by atoms with van der Waals surface area (Å²) in [6.45, 7) is 7.14. The highest BCUT2D eigenvalue weighted by atomic mass is 19.1. The van der Waals surface area contributed by atoms with Crippen molar-refractivity contribution in [3.63, 3.8) is 0 Å². The van der Waals surface area contributed by atoms with Crippen LogP contribution in [-0.4, -0.2) is 25.7 Å². The minimum atomic E-state index is -0.101. The molecule has 1 aromatic rings. The zero-order chi connectivity index (χ0) is 12.5. The Morgan fingerprint density at radius 1 is 1.12 bits per heavy atom. The molecule has 0 bridgehead atoms. The van der Waals surface area contributed by atoms with Crippen LogP contribution >= 0.6 is 0 Å². The molecule has 1 aromatic carbocycles. The molecule has 0 aromatic heterocycles. The van der Waals surface area contributed by atoms with Crippen LogP contribution in [0.15, 0.2) is 24.3 Å². The van der Waals surface area contributed by atoms with Gasteiger partial charge in [-0.3, -0.25) is 0 Å². The third-order valence-electron chi connectivity index (χ3n) is 2.61. The molecular formula is C14H23FN2. The van der Waals surface area contributed by atoms with Gasteiger partial charge in [0, 0.05) is 6.04 Å². The zero-order valence-electron chi connectivity index (χ0n) is 10.8. The first kappa shape index (κ1) is 14.1. The maximum absolute atomic E-state index is 13.3. The van der Waals surface area contributed by atoms with Crippen LogP contribution in [0.5, 0.6) is 0 Å². The van der Waals surface area contributed by atoms with Gasteiger partial charge in [-0.05, 0) is 44.1 Å². The van der Waals surface area contributed by atoms with Gasteiger partial charge in [0.05, 0.1) is 0 Å². The van der Waals surface area contributed by atoms with Gasteiger partial charge in [0.15, 0.2) is 0 Å². The van der Waals surface area contributed by atoms with E-state index in [-0.39, 0.29) is 5.82 Å². The van der Waals surface area contributed by atoms with Gasteiger partial charge < -0.3 is 10.6 Å². The SMILES string of the molecule is CC(C)NCCCNCCc1ccccc1F. The summed E-state index contributed by atoms with van der Waals surface area (Å²) in [7, 11) is 0. The molecule has 0 aliphatic heterocycles. The fourth-order valence-corrected chi connectivity index (χ4v) is 1.65. The molecule has 0 amide bonds. The molecule has 0 saturated heterocycles. The third-order valence-corrected chi connectivity index (χ3v) is 2.61. The fourth-order valence-electron chi connectivity index (χ4n) is 1.65. The summed E-state index contributed by atoms with van der Waals surface area (Å²) >= 11 is 0. The van der Waals surface area contributed by atoms with Crippen molar-refractivity contribution in [2.24, 2.45) is 0 Å². The number of hydrogen-bond acceptors (Lipinski definition) is 2. The fraction of sp³-hybridized carbons (Fsp3) is 0.571. The Morgan fingerprint density at radius 2 is 1.88 bits per heavy atom. The van der Waals surface area contributed by atoms with Gasteiger partial charge in [0.25, 0.3) is 0 Å². The molecule has 0 unspecified atom stereocenters. The Morgan fingerprint density at radius 3 is 2.59 bits per heavy atom. The summed E-state index contributed by atoms with van der Waals surface area (Å²) in [5.41, 5.74) is 0.792. The topological polar surface area (TPSA) is 24.1 Å². The highest BCUT2D eigenvalue weighted by Gasteiger charge is 1.99. The molecule has 1 rings (SSSR count). The highest BCUT2D eigenvalue weighted by Crippen LogP contribution is 2.05. The first-order chi connectivity index (χ1) is 8.20. The molecule has 3 heteroatoms. The number of rotatable bonds is 8. The second-order valence-electron chi connectivity index (χ2n) is 4.55. The van der Waals surface area contributed by atoms with Crippen LogP contribution in [0.25, 0.3) is 0 Å². The highest BCUT2D eigenvalue weighted by molar-refractivity contribution is 5.17. The monoisotopic (exact) mass is 238 g/mol. The van der Waals surface area contributed by atoms with Gasteiger partial charge in [-0.1, -0.05) is 32.0 Å². The minimum absolute atomic E-state index is 0.101. The van der Waals surface area contributed by atoms with Crippen LogP contribution in [0.3, 0.4) is 0 Å². The molecule has 0 saturated carbocycles. The largest absolute Gasteiger partial charge is 0.316 e. The third kappa shape index (κ3) is 6.39. The standard InChI is InChI=1S/C14H23FN2/c1-12(2)17-10-5-9-16-11-8-13-6-3-4-7-14(13)15/h3-4,6-7,12,16-17H,5,8-11H2,1-2H3. The Hall–Kier alpha value is -0.930. The van der Waals surface area contributed by atoms with Crippen molar-refractivity contribution >= 4 is 0 Å². The normalized spacial score (nSPS) is 11.1. The van der Waals surface area contributed by atoms with Crippen molar-refractivity contribution < 1.29 is 4.39 Å². The van der Waals surface area contributed by atoms with E-state index >= 15 is 0 Å². The molecule has 0 radical (unpaired) electrons. The molecule has 0 aliphatic rings. The van der Waals surface area contributed by atoms with E-state index in [0.29, 0.717) is 6.04 Å². The van der Waals surface area contributed by atoms with Gasteiger partial charge in [-0.25, -0.2) is 4.39 Å². The number of nitrogens with one attached hydrogen (secondary N) is 2. The van der Waals surface area contributed by atoms with Gasteiger partial charge in [-0.2, -0.15) is 0 Å². The van der Waals surface area contributed by atoms with Crippen molar-refractivity contribution in [1.29, 1.82) is 0 Å². The molecular weight excluding hydrogens is 215 g/mol. The van der Waals surface area contributed by atoms with E-state index in [9.17, 15) is 4.39 Å². The van der Waals surface area contributed by atoms with Crippen molar-refractivity contribution in [2.75, 3.05) is 19.6 Å². The lowest BCUT2D eigenvalue weighted by Crippen LogP contribution is -2.27. The molecule has 2 nitrogen and oxygen atoms in total. The Balaban J connectivity index is 2.03. The van der Waals surface area contributed by atoms with Gasteiger partial charge in [0.1, 0.15) is 5.82 Å². The van der Waals surface area contributed by atoms with E-state index in [1.54, 1.807) is 6.07 Å². The van der Waals surface area contributed by atoms with Crippen molar-refractivity contribution in [2.45, 2.75) is 32.7 Å². The zero-order valence-corrected chi connectivity index (χ0v) is 10.8. The van der Waals surface area contributed by atoms with Gasteiger partial charge in [-0.15, -0.1) is 0 Å². The second-order valence-corrected chi connectivity index (χ2v) is 4.55. The molecule has 0 atom stereocenters. The lowest BCUT2D eigenvalue weighted by Gasteiger charge is -2.08. The predicted octanol–water partition coefficient (Wildman–Crippen LogP) is 2.35. The minimum Gasteiger partial charge on any atom is -0.316 e. The van der Waals surface area contributed by atoms with Crippen LogP contribution < -0.4 is 10.6 Å². The van der Waals surface area contributed by atoms with Crippen molar-refractivity contribution in [3.8, 4) is 0 Å². The van der Waals surface area contributed by atoms with Gasteiger partial charge in [0.2, 0.25) is 0 Å². The molecule has 0 spiro atoms. The molecule has 17 heavy (non-hydrogen) atoms. The van der Waals surface area contributed by atoms with E-state index < -0.39 is 0 Å². The average molecular weight is 238 g/mol. The number of benzene rings is 1. The summed E-state index contributed by atoms with van der Waals surface area (Å²) < 4.78 is 13.3. The summed E-state index contributed by atoms with van der Waals surface area (Å²) in [5.74, 6) is -0.101. The maximum Gasteiger partial charge on any atom is 0.126 e. The van der Waals surface area contributed by atoms with Crippen LogP contribution in [0.1, 0.15) is 25.8 Å². The first-order valence-electron chi connectivity index (χ1n) is 6.37. The van der Waals surface area contributed by atoms with Crippen molar-refractivity contribution in [1.82, 2.24) is 10.6 Å². The molecule has 0 heterocycles. The quantitative estimate of drug-likeness (QED) is 0.679. The number of hydrogen-bond donors (Lipinski definition) is 2. The number of halogens is 1. The molecule has 96 valence electrons. The smallest absolute Gasteiger partial charge is 0.126 e. The van der Waals surface area contributed by atoms with E-state index in [4.69, 9.17) is 0 Å². The lowest BCUT2D eigenvalue weighted by molar-refractivity contribution is 0.545. The lowest BCUT2D eigenvalue weighted by atomic mass is 10.1. The van der Waals surface area contributed by atoms with E-state index in [1.165, 1.54) is 6.07 Å². The van der Waals surface area contributed by atoms with E-state index in [2.05, 4.69) is 24.5 Å². The van der Waals surface area contributed by atoms with E-state index in [1.807, 2.05) is 12.1 Å². The Kier molecular flexibility index (Phi) is 6.82. The predicted molar refractivity (Wildman–Crippen MR) is 70.7 cm³/mol. The molecule has 2 N–H and O–H groups in total. The summed E-state index contributed by atoms with van der Waals surface area (Å²) in [6.07, 6.45) is 1.86. The van der Waals surface area contributed by atoms with Crippen LogP contribution in [0.2, 0.25) is 0 Å². The second kappa shape index (κ2) is 8.20. The Labute approximate surface area is 104 Å². The summed E-state index contributed by atoms with van der Waals surface area (Å²) in [6, 6.07) is 7.52. The van der Waals surface area contributed by atoms with Crippen molar-refractivity contribution in [3.05, 3.63) is 35.6 Å². The summed E-state index contributed by atoms with van der Waals surface area (Å²) in [4.78, 5) is 0.